The molecule has 74 heavy (non-hydrogen) atoms. The fraction of sp³-hybridized carbons (Fsp3) is 0.0606. The van der Waals surface area contributed by atoms with Gasteiger partial charge in [-0.05, 0) is 89.8 Å². The first-order chi connectivity index (χ1) is 31.8. The first-order valence-electron chi connectivity index (χ1n) is 17.7. The number of halogens is 1. The summed E-state index contributed by atoms with van der Waals surface area (Å²) in [6, 6.07) is 11.4. The summed E-state index contributed by atoms with van der Waals surface area (Å²) in [5, 5.41) is 26.3. The molecule has 0 spiro atoms. The SMILES string of the molecule is Nc1c(N=Nc2ccc(S(=O)(=O)[O-])cc2)c(S(=O)(=O)[O-])cc2cc(S(=O)(=O)[O-])c(N=Nc3cc(N=c4[nH]c(Cl)nc(=Nc5cccc(S(=O)(=O)CCOS(=O)(=O)O)c5)[nH]4)ccc3S(=O)(=O)[O-])c([O-])c12.[Na+].[Na+].[Na+].[Na+].[Na+]. The number of hydrogen-bond acceptors (Lipinski definition) is 26. The van der Waals surface area contributed by atoms with E-state index in [-0.39, 0.29) is 181 Å². The van der Waals surface area contributed by atoms with Gasteiger partial charge in [-0.25, -0.2) is 56.3 Å². The third-order valence-corrected chi connectivity index (χ3v) is 14.3. The second-order valence-electron chi connectivity index (χ2n) is 13.3. The summed E-state index contributed by atoms with van der Waals surface area (Å²) in [6.07, 6.45) is 0. The van der Waals surface area contributed by atoms with E-state index in [2.05, 4.69) is 49.6 Å². The maximum Gasteiger partial charge on any atom is 1.00 e. The number of aromatic amines is 2. The molecule has 0 aliphatic carbocycles. The van der Waals surface area contributed by atoms with Crippen molar-refractivity contribution < 1.29 is 230 Å². The van der Waals surface area contributed by atoms with Crippen LogP contribution in [0.4, 0.5) is 39.8 Å². The Morgan fingerprint density at radius 3 is 1.70 bits per heavy atom. The molecule has 0 fully saturated rings. The molecule has 0 bridgehead atoms. The van der Waals surface area contributed by atoms with Crippen LogP contribution in [-0.4, -0.2) is 101 Å². The van der Waals surface area contributed by atoms with E-state index in [1.807, 2.05) is 0 Å². The maximum atomic E-state index is 14.0. The van der Waals surface area contributed by atoms with E-state index in [0.29, 0.717) is 18.2 Å². The van der Waals surface area contributed by atoms with Gasteiger partial charge in [-0.3, -0.25) is 9.54 Å². The minimum absolute atomic E-state index is 0. The van der Waals surface area contributed by atoms with Crippen molar-refractivity contribution in [2.45, 2.75) is 24.5 Å². The van der Waals surface area contributed by atoms with Crippen molar-refractivity contribution in [1.29, 1.82) is 0 Å². The molecule has 0 unspecified atom stereocenters. The van der Waals surface area contributed by atoms with Crippen molar-refractivity contribution in [1.82, 2.24) is 15.0 Å². The van der Waals surface area contributed by atoms with Crippen molar-refractivity contribution >= 4 is 123 Å². The second kappa shape index (κ2) is 27.6. The molecule has 0 atom stereocenters. The Hall–Kier alpha value is -1.48. The van der Waals surface area contributed by atoms with Gasteiger partial charge < -0.3 is 34.0 Å². The molecule has 5 N–H and O–H groups in total. The third kappa shape index (κ3) is 18.6. The number of azo groups is 2. The number of nitrogens with two attached hydrogens (primary N) is 1. The summed E-state index contributed by atoms with van der Waals surface area (Å²) < 4.78 is 205. The Kier molecular flexibility index (Phi) is 26.3. The summed E-state index contributed by atoms with van der Waals surface area (Å²) in [7, 11) is -30.9. The third-order valence-electron chi connectivity index (χ3n) is 8.59. The number of rotatable bonds is 15. The van der Waals surface area contributed by atoms with E-state index in [1.54, 1.807) is 0 Å². The van der Waals surface area contributed by atoms with E-state index in [9.17, 15) is 73.8 Å². The maximum absolute atomic E-state index is 14.0. The van der Waals surface area contributed by atoms with Gasteiger partial charge in [0.25, 0.3) is 0 Å². The quantitative estimate of drug-likeness (QED) is 0.0321. The van der Waals surface area contributed by atoms with E-state index in [0.717, 1.165) is 48.5 Å². The molecule has 6 aromatic rings. The van der Waals surface area contributed by atoms with Crippen LogP contribution in [0.3, 0.4) is 0 Å². The van der Waals surface area contributed by atoms with Crippen LogP contribution in [0, 0.1) is 0 Å². The van der Waals surface area contributed by atoms with Gasteiger partial charge >= 0.3 is 158 Å². The van der Waals surface area contributed by atoms with Gasteiger partial charge in [0.1, 0.15) is 51.8 Å². The summed E-state index contributed by atoms with van der Waals surface area (Å²) in [5.74, 6) is -2.47. The van der Waals surface area contributed by atoms with Crippen molar-refractivity contribution in [2.24, 2.45) is 30.4 Å². The summed E-state index contributed by atoms with van der Waals surface area (Å²) >= 11 is 6.10. The number of aromatic nitrogens is 3. The average Bonchev–Trinajstić information content (AvgIpc) is 3.20. The normalized spacial score (nSPS) is 12.9. The first kappa shape index (κ1) is 70.5. The van der Waals surface area contributed by atoms with Crippen LogP contribution in [0.5, 0.6) is 5.75 Å². The molecule has 41 heteroatoms. The average molecular weight is 1210 g/mol. The Morgan fingerprint density at radius 1 is 0.608 bits per heavy atom. The molecule has 0 saturated carbocycles. The number of benzene rings is 5. The van der Waals surface area contributed by atoms with Crippen molar-refractivity contribution in [3.63, 3.8) is 0 Å². The number of fused-ring (bicyclic) bond motifs is 1. The van der Waals surface area contributed by atoms with Gasteiger partial charge in [0.2, 0.25) is 16.5 Å². The molecule has 0 saturated heterocycles. The molecule has 366 valence electrons. The van der Waals surface area contributed by atoms with Crippen molar-refractivity contribution in [3.8, 4) is 5.75 Å². The van der Waals surface area contributed by atoms with Gasteiger partial charge in [-0.2, -0.15) is 18.5 Å². The molecule has 0 aliphatic rings. The molecule has 1 aromatic heterocycles. The van der Waals surface area contributed by atoms with E-state index >= 15 is 0 Å². The van der Waals surface area contributed by atoms with E-state index in [4.69, 9.17) is 21.9 Å². The van der Waals surface area contributed by atoms with Gasteiger partial charge in [0.15, 0.2) is 9.84 Å². The minimum atomic E-state index is -5.80. The van der Waals surface area contributed by atoms with Gasteiger partial charge in [-0.15, -0.1) is 15.3 Å². The zero-order valence-corrected chi connectivity index (χ0v) is 53.9. The molecule has 5 aromatic carbocycles. The van der Waals surface area contributed by atoms with Gasteiger partial charge in [-0.1, -0.05) is 11.8 Å². The second-order valence-corrected chi connectivity index (χ2v) is 22.2. The van der Waals surface area contributed by atoms with Crippen LogP contribution >= 0.6 is 11.6 Å². The minimum Gasteiger partial charge on any atom is -0.870 e. The van der Waals surface area contributed by atoms with Crippen LogP contribution in [0.1, 0.15) is 0 Å². The number of nitrogens with zero attached hydrogens (tertiary/aromatic N) is 7. The zero-order chi connectivity index (χ0) is 51.1. The van der Waals surface area contributed by atoms with Crippen LogP contribution in [-0.2, 0) is 64.9 Å². The Morgan fingerprint density at radius 2 is 1.15 bits per heavy atom. The molecule has 1 heterocycles. The monoisotopic (exact) mass is 1200 g/mol. The Labute approximate surface area is 534 Å². The predicted octanol–water partition coefficient (Wildman–Crippen LogP) is -13.3. The van der Waals surface area contributed by atoms with E-state index in [1.165, 1.54) is 12.1 Å². The number of anilines is 1. The number of nitrogen functional groups attached to an aromatic ring is 1. The number of H-pyrrole nitrogens is 2. The fourth-order valence-corrected chi connectivity index (χ4v) is 9.74. The Bertz CT molecular complexity index is 4040. The van der Waals surface area contributed by atoms with Crippen LogP contribution in [0.15, 0.2) is 134 Å². The summed E-state index contributed by atoms with van der Waals surface area (Å²) in [4.78, 5) is 12.2. The fourth-order valence-electron chi connectivity index (χ4n) is 5.69. The Balaban J connectivity index is 0.00000548. The molecule has 6 rings (SSSR count). The summed E-state index contributed by atoms with van der Waals surface area (Å²) in [6.45, 7) is -0.917. The van der Waals surface area contributed by atoms with Crippen molar-refractivity contribution in [2.75, 3.05) is 18.1 Å². The van der Waals surface area contributed by atoms with Crippen LogP contribution < -0.4 is 170 Å². The largest absolute Gasteiger partial charge is 1.00 e. The zero-order valence-electron chi connectivity index (χ0n) is 38.3. The number of sulfone groups is 1. The van der Waals surface area contributed by atoms with E-state index < -0.39 is 137 Å². The standard InChI is InChI=1S/C33H27ClN10O19S6.5Na/c34-31-38-32(36-18-2-1-3-21(14-18)64(46,47)11-10-63-69(60,61)62)40-33(39-31)37-19-6-9-23(66(51,52)53)22(15-19)42-44-29-25(68(57,58)59)13-16-12-24(67(54,55)56)28(27(35)26(16)30(29)45)43-41-17-4-7-20(8-5-17)65(48,49)50;;;;;/h1-9,12-15,45H,10-11,35H2,(H,48,49,50)(H,51,52,53)(H,54,55,56)(H,57,58,59)(H,60,61,62)(H2,36,37,38,39,40);;;;;/q;5*+1/p-5. The van der Waals surface area contributed by atoms with Crippen LogP contribution in [0.25, 0.3) is 10.8 Å². The predicted molar refractivity (Wildman–Crippen MR) is 225 cm³/mol. The van der Waals surface area contributed by atoms with Crippen molar-refractivity contribution in [3.05, 3.63) is 95.4 Å². The topological polar surface area (TPSA) is 494 Å². The van der Waals surface area contributed by atoms with Gasteiger partial charge in [0, 0.05) is 5.39 Å². The molecule has 0 aliphatic heterocycles. The molecular weight excluding hydrogens is 1180 g/mol. The summed E-state index contributed by atoms with van der Waals surface area (Å²) in [5.41, 5.74) is 0.505. The van der Waals surface area contributed by atoms with Gasteiger partial charge in [0.05, 0.1) is 65.3 Å². The molecule has 29 nitrogen and oxygen atoms in total. The first-order valence-corrected chi connectivity index (χ1v) is 26.7. The molecule has 0 amide bonds. The smallest absolute Gasteiger partial charge is 0.870 e. The molecule has 0 radical (unpaired) electrons. The number of hydrogen-bond donors (Lipinski definition) is 4. The molecular formula is C33H22ClN10Na5O19S6. The number of nitrogens with one attached hydrogen (secondary N) is 2. The van der Waals surface area contributed by atoms with Crippen LogP contribution in [0.2, 0.25) is 5.28 Å².